The zero-order valence-corrected chi connectivity index (χ0v) is 13.1. The second-order valence-electron chi connectivity index (χ2n) is 5.40. The fourth-order valence-electron chi connectivity index (χ4n) is 2.07. The Balaban J connectivity index is 2.12. The van der Waals surface area contributed by atoms with Crippen LogP contribution in [0.25, 0.3) is 11.3 Å². The molecule has 4 nitrogen and oxygen atoms in total. The van der Waals surface area contributed by atoms with Gasteiger partial charge in [0.05, 0.1) is 17.0 Å². The van der Waals surface area contributed by atoms with Gasteiger partial charge in [-0.3, -0.25) is 9.78 Å². The summed E-state index contributed by atoms with van der Waals surface area (Å²) in [6.45, 7) is 3.17. The molecule has 1 N–H and O–H groups in total. The first-order chi connectivity index (χ1) is 10.5. The molecule has 0 saturated carbocycles. The van der Waals surface area contributed by atoms with Crippen LogP contribution in [0.3, 0.4) is 0 Å². The third-order valence-corrected chi connectivity index (χ3v) is 3.32. The van der Waals surface area contributed by atoms with E-state index in [1.165, 1.54) is 12.1 Å². The first kappa shape index (κ1) is 16.1. The molecule has 0 spiro atoms. The Morgan fingerprint density at radius 2 is 1.86 bits per heavy atom. The summed E-state index contributed by atoms with van der Waals surface area (Å²) in [7, 11) is 3.91. The van der Waals surface area contributed by atoms with Crippen LogP contribution in [0.1, 0.15) is 16.1 Å². The zero-order valence-electron chi connectivity index (χ0n) is 13.1. The van der Waals surface area contributed by atoms with Crippen LogP contribution >= 0.6 is 0 Å². The third kappa shape index (κ3) is 4.11. The van der Waals surface area contributed by atoms with E-state index in [1.807, 2.05) is 19.0 Å². The topological polar surface area (TPSA) is 45.2 Å². The Bertz CT molecular complexity index is 653. The summed E-state index contributed by atoms with van der Waals surface area (Å²) in [4.78, 5) is 18.6. The summed E-state index contributed by atoms with van der Waals surface area (Å²) in [6, 6.07) is 9.68. The number of aryl methyl sites for hydroxylation is 1. The number of rotatable bonds is 5. The molecule has 5 heteroatoms. The maximum atomic E-state index is 12.9. The fraction of sp³-hybridized carbons (Fsp3) is 0.294. The van der Waals surface area contributed by atoms with Crippen LogP contribution in [-0.2, 0) is 0 Å². The van der Waals surface area contributed by atoms with E-state index in [0.717, 1.165) is 17.8 Å². The maximum absolute atomic E-state index is 12.9. The van der Waals surface area contributed by atoms with Gasteiger partial charge in [0.2, 0.25) is 0 Å². The van der Waals surface area contributed by atoms with Crippen LogP contribution in [0, 0.1) is 12.7 Å². The SMILES string of the molecule is Cc1nc(-c2ccc(F)cc2)ccc1C(=O)NCCN(C)C. The molecule has 0 aliphatic heterocycles. The predicted molar refractivity (Wildman–Crippen MR) is 85.3 cm³/mol. The van der Waals surface area contributed by atoms with Gasteiger partial charge < -0.3 is 10.2 Å². The molecule has 1 aromatic heterocycles. The average Bonchev–Trinajstić information content (AvgIpc) is 2.47. The molecule has 0 aliphatic rings. The van der Waals surface area contributed by atoms with Crippen LogP contribution in [0.15, 0.2) is 36.4 Å². The van der Waals surface area contributed by atoms with E-state index < -0.39 is 0 Å². The van der Waals surface area contributed by atoms with Crippen molar-refractivity contribution in [1.82, 2.24) is 15.2 Å². The summed E-state index contributed by atoms with van der Waals surface area (Å²) >= 11 is 0. The number of nitrogens with one attached hydrogen (secondary N) is 1. The summed E-state index contributed by atoms with van der Waals surface area (Å²) in [5.74, 6) is -0.408. The van der Waals surface area contributed by atoms with Crippen LogP contribution < -0.4 is 5.32 Å². The number of halogens is 1. The Labute approximate surface area is 130 Å². The van der Waals surface area contributed by atoms with Crippen LogP contribution in [0.2, 0.25) is 0 Å². The quantitative estimate of drug-likeness (QED) is 0.923. The van der Waals surface area contributed by atoms with Gasteiger partial charge in [0, 0.05) is 18.7 Å². The third-order valence-electron chi connectivity index (χ3n) is 3.32. The number of amides is 1. The van der Waals surface area contributed by atoms with Gasteiger partial charge in [-0.1, -0.05) is 0 Å². The fourth-order valence-corrected chi connectivity index (χ4v) is 2.07. The number of carbonyl (C=O) groups is 1. The predicted octanol–water partition coefficient (Wildman–Crippen LogP) is 2.49. The van der Waals surface area contributed by atoms with Crippen molar-refractivity contribution in [3.05, 3.63) is 53.5 Å². The van der Waals surface area contributed by atoms with Gasteiger partial charge in [-0.15, -0.1) is 0 Å². The van der Waals surface area contributed by atoms with Crippen LogP contribution in [-0.4, -0.2) is 43.0 Å². The highest BCUT2D eigenvalue weighted by Gasteiger charge is 2.11. The van der Waals surface area contributed by atoms with Crippen molar-refractivity contribution < 1.29 is 9.18 Å². The first-order valence-electron chi connectivity index (χ1n) is 7.14. The summed E-state index contributed by atoms with van der Waals surface area (Å²) in [5, 5.41) is 2.87. The summed E-state index contributed by atoms with van der Waals surface area (Å²) in [5.41, 5.74) is 2.76. The Morgan fingerprint density at radius 1 is 1.18 bits per heavy atom. The number of aromatic nitrogens is 1. The normalized spacial score (nSPS) is 10.8. The first-order valence-corrected chi connectivity index (χ1v) is 7.14. The molecule has 0 atom stereocenters. The zero-order chi connectivity index (χ0) is 16.1. The standard InChI is InChI=1S/C17H20FN3O/c1-12-15(17(22)19-10-11-21(2)3)8-9-16(20-12)13-4-6-14(18)7-5-13/h4-9H,10-11H2,1-3H3,(H,19,22). The number of hydrogen-bond donors (Lipinski definition) is 1. The van der Waals surface area contributed by atoms with Gasteiger partial charge in [0.1, 0.15) is 5.82 Å². The van der Waals surface area contributed by atoms with Crippen molar-refractivity contribution in [2.45, 2.75) is 6.92 Å². The molecule has 0 saturated heterocycles. The maximum Gasteiger partial charge on any atom is 0.253 e. The Hall–Kier alpha value is -2.27. The molecule has 22 heavy (non-hydrogen) atoms. The van der Waals surface area contributed by atoms with Crippen LogP contribution in [0.5, 0.6) is 0 Å². The molecular weight excluding hydrogens is 281 g/mol. The van der Waals surface area contributed by atoms with Crippen molar-refractivity contribution in [2.24, 2.45) is 0 Å². The number of pyridine rings is 1. The molecule has 0 unspecified atom stereocenters. The van der Waals surface area contributed by atoms with Crippen molar-refractivity contribution >= 4 is 5.91 Å². The lowest BCUT2D eigenvalue weighted by Gasteiger charge is -2.12. The van der Waals surface area contributed by atoms with E-state index in [-0.39, 0.29) is 11.7 Å². The number of carbonyl (C=O) groups excluding carboxylic acids is 1. The van der Waals surface area contributed by atoms with E-state index in [4.69, 9.17) is 0 Å². The monoisotopic (exact) mass is 301 g/mol. The smallest absolute Gasteiger partial charge is 0.253 e. The Morgan fingerprint density at radius 3 is 2.45 bits per heavy atom. The van der Waals surface area contributed by atoms with Crippen molar-refractivity contribution in [1.29, 1.82) is 0 Å². The molecule has 0 radical (unpaired) electrons. The van der Waals surface area contributed by atoms with Gasteiger partial charge in [0.25, 0.3) is 5.91 Å². The molecular formula is C17H20FN3O. The molecule has 2 rings (SSSR count). The van der Waals surface area contributed by atoms with E-state index in [2.05, 4.69) is 10.3 Å². The molecule has 0 bridgehead atoms. The minimum atomic E-state index is -0.280. The van der Waals surface area contributed by atoms with Crippen LogP contribution in [0.4, 0.5) is 4.39 Å². The number of hydrogen-bond acceptors (Lipinski definition) is 3. The van der Waals surface area contributed by atoms with Gasteiger partial charge in [-0.05, 0) is 57.4 Å². The lowest BCUT2D eigenvalue weighted by atomic mass is 10.1. The van der Waals surface area contributed by atoms with Crippen molar-refractivity contribution in [3.8, 4) is 11.3 Å². The molecule has 0 aliphatic carbocycles. The molecule has 1 aromatic carbocycles. The second kappa shape index (κ2) is 7.13. The minimum Gasteiger partial charge on any atom is -0.351 e. The molecule has 0 fully saturated rings. The van der Waals surface area contributed by atoms with E-state index >= 15 is 0 Å². The van der Waals surface area contributed by atoms with Gasteiger partial charge in [-0.25, -0.2) is 4.39 Å². The lowest BCUT2D eigenvalue weighted by Crippen LogP contribution is -2.31. The minimum absolute atomic E-state index is 0.127. The average molecular weight is 301 g/mol. The van der Waals surface area contributed by atoms with Crippen molar-refractivity contribution in [3.63, 3.8) is 0 Å². The van der Waals surface area contributed by atoms with Crippen molar-refractivity contribution in [2.75, 3.05) is 27.2 Å². The largest absolute Gasteiger partial charge is 0.351 e. The highest BCUT2D eigenvalue weighted by molar-refractivity contribution is 5.95. The number of likely N-dealkylation sites (N-methyl/N-ethyl adjacent to an activating group) is 1. The van der Waals surface area contributed by atoms with E-state index in [1.54, 1.807) is 31.2 Å². The molecule has 1 heterocycles. The lowest BCUT2D eigenvalue weighted by molar-refractivity contribution is 0.0950. The molecule has 116 valence electrons. The summed E-state index contributed by atoms with van der Waals surface area (Å²) < 4.78 is 12.9. The second-order valence-corrected chi connectivity index (χ2v) is 5.40. The van der Waals surface area contributed by atoms with Gasteiger partial charge >= 0.3 is 0 Å². The van der Waals surface area contributed by atoms with E-state index in [9.17, 15) is 9.18 Å². The van der Waals surface area contributed by atoms with Gasteiger partial charge in [0.15, 0.2) is 0 Å². The number of nitrogens with zero attached hydrogens (tertiary/aromatic N) is 2. The van der Waals surface area contributed by atoms with E-state index in [0.29, 0.717) is 17.8 Å². The number of benzene rings is 1. The molecule has 2 aromatic rings. The molecule has 1 amide bonds. The Kier molecular flexibility index (Phi) is 5.22. The summed E-state index contributed by atoms with van der Waals surface area (Å²) in [6.07, 6.45) is 0. The van der Waals surface area contributed by atoms with Gasteiger partial charge in [-0.2, -0.15) is 0 Å². The highest BCUT2D eigenvalue weighted by atomic mass is 19.1. The highest BCUT2D eigenvalue weighted by Crippen LogP contribution is 2.19.